The van der Waals surface area contributed by atoms with Gasteiger partial charge in [0.25, 0.3) is 5.91 Å². The van der Waals surface area contributed by atoms with E-state index in [2.05, 4.69) is 0 Å². The van der Waals surface area contributed by atoms with Gasteiger partial charge >= 0.3 is 5.97 Å². The summed E-state index contributed by atoms with van der Waals surface area (Å²) in [6.45, 7) is 3.77. The highest BCUT2D eigenvalue weighted by Gasteiger charge is 2.40. The van der Waals surface area contributed by atoms with Gasteiger partial charge in [-0.1, -0.05) is 50.0 Å². The third-order valence-electron chi connectivity index (χ3n) is 4.15. The van der Waals surface area contributed by atoms with Crippen LogP contribution in [-0.4, -0.2) is 32.2 Å². The Bertz CT molecular complexity index is 967. The average molecular weight is 419 g/mol. The van der Waals surface area contributed by atoms with E-state index in [-0.39, 0.29) is 15.1 Å². The van der Waals surface area contributed by atoms with Crippen molar-refractivity contribution in [3.8, 4) is 11.3 Å². The molecule has 2 heterocycles. The van der Waals surface area contributed by atoms with Crippen molar-refractivity contribution >= 4 is 46.3 Å². The summed E-state index contributed by atoms with van der Waals surface area (Å²) in [5, 5.41) is 9.51. The largest absolute Gasteiger partial charge is 0.480 e. The maximum Gasteiger partial charge on any atom is 0.326 e. The molecule has 1 amide bonds. The van der Waals surface area contributed by atoms with Gasteiger partial charge < -0.3 is 9.52 Å². The van der Waals surface area contributed by atoms with Crippen molar-refractivity contribution in [2.45, 2.75) is 26.3 Å². The van der Waals surface area contributed by atoms with Crippen molar-refractivity contribution in [2.24, 2.45) is 5.92 Å². The summed E-state index contributed by atoms with van der Waals surface area (Å²) in [6, 6.07) is 8.45. The lowest BCUT2D eigenvalue weighted by Crippen LogP contribution is -2.44. The molecule has 1 N–H and O–H groups in total. The lowest BCUT2D eigenvalue weighted by Gasteiger charge is -2.24. The number of carboxylic acid groups (broad SMARTS) is 1. The number of carboxylic acids is 1. The number of halogens is 1. The number of amides is 1. The second kappa shape index (κ2) is 8.28. The van der Waals surface area contributed by atoms with E-state index in [1.54, 1.807) is 30.3 Å². The van der Waals surface area contributed by atoms with Gasteiger partial charge in [-0.15, -0.1) is 0 Å². The first-order valence-electron chi connectivity index (χ1n) is 8.62. The van der Waals surface area contributed by atoms with E-state index in [4.69, 9.17) is 16.6 Å². The molecule has 0 spiro atoms. The van der Waals surface area contributed by atoms with E-state index in [9.17, 15) is 19.1 Å². The summed E-state index contributed by atoms with van der Waals surface area (Å²) in [5.41, 5.74) is 0.317. The lowest BCUT2D eigenvalue weighted by molar-refractivity contribution is -0.145. The first-order chi connectivity index (χ1) is 13.3. The molecule has 1 saturated heterocycles. The van der Waals surface area contributed by atoms with Crippen LogP contribution in [0.25, 0.3) is 17.4 Å². The number of thioether (sulfide) groups is 1. The highest BCUT2D eigenvalue weighted by atomic mass is 32.2. The van der Waals surface area contributed by atoms with Crippen molar-refractivity contribution in [1.29, 1.82) is 0 Å². The van der Waals surface area contributed by atoms with Crippen LogP contribution in [0.2, 0.25) is 0 Å². The third kappa shape index (κ3) is 4.18. The molecule has 28 heavy (non-hydrogen) atoms. The van der Waals surface area contributed by atoms with E-state index in [1.165, 1.54) is 12.1 Å². The number of furan rings is 1. The van der Waals surface area contributed by atoms with Gasteiger partial charge in [0.05, 0.1) is 10.5 Å². The Morgan fingerprint density at radius 3 is 2.68 bits per heavy atom. The molecule has 1 fully saturated rings. The summed E-state index contributed by atoms with van der Waals surface area (Å²) in [7, 11) is 0. The molecule has 1 aromatic heterocycles. The summed E-state index contributed by atoms with van der Waals surface area (Å²) >= 11 is 6.27. The van der Waals surface area contributed by atoms with Crippen LogP contribution >= 0.6 is 24.0 Å². The molecule has 1 atom stereocenters. The number of aliphatic carboxylic acids is 1. The van der Waals surface area contributed by atoms with Crippen LogP contribution in [0.1, 0.15) is 26.0 Å². The maximum absolute atomic E-state index is 13.9. The summed E-state index contributed by atoms with van der Waals surface area (Å²) in [5.74, 6) is -1.19. The quantitative estimate of drug-likeness (QED) is 0.536. The first-order valence-corrected chi connectivity index (χ1v) is 9.85. The number of carbonyl (C=O) groups excluding carboxylic acids is 1. The molecule has 0 saturated carbocycles. The number of thiocarbonyl (C=S) groups is 1. The molecule has 1 aliphatic heterocycles. The zero-order valence-electron chi connectivity index (χ0n) is 15.2. The Morgan fingerprint density at radius 1 is 1.32 bits per heavy atom. The van der Waals surface area contributed by atoms with E-state index >= 15 is 0 Å². The highest BCUT2D eigenvalue weighted by Crippen LogP contribution is 2.36. The van der Waals surface area contributed by atoms with Crippen molar-refractivity contribution in [2.75, 3.05) is 0 Å². The Labute approximate surface area is 171 Å². The zero-order valence-corrected chi connectivity index (χ0v) is 16.8. The summed E-state index contributed by atoms with van der Waals surface area (Å²) in [6.07, 6.45) is 1.80. The fourth-order valence-corrected chi connectivity index (χ4v) is 4.21. The molecule has 0 aliphatic carbocycles. The number of hydrogen-bond donors (Lipinski definition) is 1. The van der Waals surface area contributed by atoms with Gasteiger partial charge in [0.1, 0.15) is 27.7 Å². The fourth-order valence-electron chi connectivity index (χ4n) is 2.88. The van der Waals surface area contributed by atoms with Crippen LogP contribution in [0, 0.1) is 11.7 Å². The first kappa shape index (κ1) is 20.3. The molecule has 0 bridgehead atoms. The molecule has 8 heteroatoms. The topological polar surface area (TPSA) is 70.8 Å². The van der Waals surface area contributed by atoms with Crippen LogP contribution in [0.15, 0.2) is 45.7 Å². The predicted octanol–water partition coefficient (Wildman–Crippen LogP) is 4.79. The van der Waals surface area contributed by atoms with Crippen LogP contribution in [0.4, 0.5) is 4.39 Å². The molecule has 146 valence electrons. The van der Waals surface area contributed by atoms with Gasteiger partial charge in [0, 0.05) is 6.08 Å². The summed E-state index contributed by atoms with van der Waals surface area (Å²) in [4.78, 5) is 25.8. The average Bonchev–Trinajstić information content (AvgIpc) is 3.18. The maximum atomic E-state index is 13.9. The Morgan fingerprint density at radius 2 is 2.04 bits per heavy atom. The third-order valence-corrected chi connectivity index (χ3v) is 5.48. The van der Waals surface area contributed by atoms with Gasteiger partial charge in [-0.25, -0.2) is 9.18 Å². The minimum atomic E-state index is -1.09. The molecular formula is C20H18FNO4S2. The van der Waals surface area contributed by atoms with Gasteiger partial charge in [-0.2, -0.15) is 0 Å². The fraction of sp³-hybridized carbons (Fsp3) is 0.250. The molecule has 1 aromatic carbocycles. The lowest BCUT2D eigenvalue weighted by atomic mass is 10.0. The second-order valence-corrected chi connectivity index (χ2v) is 8.39. The van der Waals surface area contributed by atoms with Crippen molar-refractivity contribution in [1.82, 2.24) is 4.90 Å². The predicted molar refractivity (Wildman–Crippen MR) is 110 cm³/mol. The Hall–Kier alpha value is -2.45. The van der Waals surface area contributed by atoms with E-state index in [0.717, 1.165) is 16.7 Å². The number of benzene rings is 1. The van der Waals surface area contributed by atoms with E-state index < -0.39 is 23.7 Å². The van der Waals surface area contributed by atoms with Crippen molar-refractivity contribution < 1.29 is 23.5 Å². The van der Waals surface area contributed by atoms with E-state index in [0.29, 0.717) is 23.5 Å². The van der Waals surface area contributed by atoms with Gasteiger partial charge in [-0.05, 0) is 36.6 Å². The van der Waals surface area contributed by atoms with Gasteiger partial charge in [0.15, 0.2) is 0 Å². The van der Waals surface area contributed by atoms with Crippen LogP contribution < -0.4 is 0 Å². The van der Waals surface area contributed by atoms with Crippen molar-refractivity contribution in [3.63, 3.8) is 0 Å². The Kier molecular flexibility index (Phi) is 6.00. The minimum Gasteiger partial charge on any atom is -0.480 e. The van der Waals surface area contributed by atoms with E-state index in [1.807, 2.05) is 13.8 Å². The monoisotopic (exact) mass is 419 g/mol. The number of hydrogen-bond acceptors (Lipinski definition) is 5. The van der Waals surface area contributed by atoms with Crippen LogP contribution in [-0.2, 0) is 9.59 Å². The molecule has 5 nitrogen and oxygen atoms in total. The standard InChI is InChI=1S/C20H18FNO4S2/c1-11(2)9-15(19(24)25)22-18(23)17(28-20(22)27)10-12-7-8-16(26-12)13-5-3-4-6-14(13)21/h3-8,10-11,15H,9H2,1-2H3,(H,24,25)/b17-10+/t15-/m1/s1. The van der Waals surface area contributed by atoms with Crippen LogP contribution in [0.3, 0.4) is 0 Å². The smallest absolute Gasteiger partial charge is 0.326 e. The molecular weight excluding hydrogens is 401 g/mol. The van der Waals surface area contributed by atoms with Gasteiger partial charge in [-0.3, -0.25) is 9.69 Å². The SMILES string of the molecule is CC(C)C[C@H](C(=O)O)N1C(=O)/C(=C\c2ccc(-c3ccccc3F)o2)SC1=S. The highest BCUT2D eigenvalue weighted by molar-refractivity contribution is 8.26. The van der Waals surface area contributed by atoms with Crippen LogP contribution in [0.5, 0.6) is 0 Å². The minimum absolute atomic E-state index is 0.0862. The Balaban J connectivity index is 1.86. The zero-order chi connectivity index (χ0) is 20.4. The molecule has 0 radical (unpaired) electrons. The normalized spacial score (nSPS) is 17.0. The van der Waals surface area contributed by atoms with Gasteiger partial charge in [0.2, 0.25) is 0 Å². The second-order valence-electron chi connectivity index (χ2n) is 6.72. The number of nitrogens with zero attached hydrogens (tertiary/aromatic N) is 1. The number of carbonyl (C=O) groups is 2. The van der Waals surface area contributed by atoms with Crippen molar-refractivity contribution in [3.05, 3.63) is 52.9 Å². The molecule has 3 rings (SSSR count). The molecule has 1 aliphatic rings. The number of rotatable bonds is 6. The summed E-state index contributed by atoms with van der Waals surface area (Å²) < 4.78 is 19.8. The molecule has 0 unspecified atom stereocenters. The molecule has 2 aromatic rings.